The molecule has 2 N–H and O–H groups in total. The van der Waals surface area contributed by atoms with Crippen LogP contribution in [-0.2, 0) is 4.74 Å². The van der Waals surface area contributed by atoms with Crippen LogP contribution < -0.4 is 10.6 Å². The third-order valence-corrected chi connectivity index (χ3v) is 3.20. The first-order valence-corrected chi connectivity index (χ1v) is 6.20. The van der Waals surface area contributed by atoms with Crippen LogP contribution in [0.5, 0.6) is 0 Å². The SMILES string of the molecule is Cc1ccccc1N1CC(CN)OC(C)(C)C1. The average Bonchev–Trinajstić information content (AvgIpc) is 2.27. The molecule has 3 heteroatoms. The summed E-state index contributed by atoms with van der Waals surface area (Å²) in [5.41, 5.74) is 8.22. The van der Waals surface area contributed by atoms with Crippen LogP contribution in [0.25, 0.3) is 0 Å². The van der Waals surface area contributed by atoms with Gasteiger partial charge in [0.05, 0.1) is 11.7 Å². The minimum Gasteiger partial charge on any atom is -0.367 e. The van der Waals surface area contributed by atoms with Gasteiger partial charge >= 0.3 is 0 Å². The van der Waals surface area contributed by atoms with Crippen LogP contribution >= 0.6 is 0 Å². The second-order valence-electron chi connectivity index (χ2n) is 5.40. The highest BCUT2D eigenvalue weighted by Gasteiger charge is 2.33. The third kappa shape index (κ3) is 2.79. The Bertz CT molecular complexity index is 390. The van der Waals surface area contributed by atoms with Crippen molar-refractivity contribution in [2.45, 2.75) is 32.5 Å². The zero-order valence-electron chi connectivity index (χ0n) is 10.9. The van der Waals surface area contributed by atoms with Crippen molar-refractivity contribution in [3.05, 3.63) is 29.8 Å². The van der Waals surface area contributed by atoms with E-state index in [2.05, 4.69) is 49.9 Å². The van der Waals surface area contributed by atoms with Gasteiger partial charge in [0.25, 0.3) is 0 Å². The molecule has 0 saturated carbocycles. The van der Waals surface area contributed by atoms with Gasteiger partial charge in [0.2, 0.25) is 0 Å². The van der Waals surface area contributed by atoms with Crippen LogP contribution in [0.3, 0.4) is 0 Å². The lowest BCUT2D eigenvalue weighted by molar-refractivity contribution is -0.0788. The van der Waals surface area contributed by atoms with E-state index in [1.54, 1.807) is 0 Å². The number of para-hydroxylation sites is 1. The van der Waals surface area contributed by atoms with Crippen molar-refractivity contribution in [1.82, 2.24) is 0 Å². The predicted octanol–water partition coefficient (Wildman–Crippen LogP) is 1.94. The number of nitrogens with two attached hydrogens (primary N) is 1. The number of hydrogen-bond donors (Lipinski definition) is 1. The first-order valence-electron chi connectivity index (χ1n) is 6.20. The van der Waals surface area contributed by atoms with Crippen molar-refractivity contribution in [3.8, 4) is 0 Å². The number of nitrogens with zero attached hydrogens (tertiary/aromatic N) is 1. The average molecular weight is 234 g/mol. The summed E-state index contributed by atoms with van der Waals surface area (Å²) >= 11 is 0. The first kappa shape index (κ1) is 12.4. The monoisotopic (exact) mass is 234 g/mol. The Balaban J connectivity index is 2.24. The number of morpholine rings is 1. The van der Waals surface area contributed by atoms with Gasteiger partial charge in [0.15, 0.2) is 0 Å². The summed E-state index contributed by atoms with van der Waals surface area (Å²) in [5.74, 6) is 0. The molecule has 0 radical (unpaired) electrons. The first-order chi connectivity index (χ1) is 8.02. The van der Waals surface area contributed by atoms with Crippen LogP contribution in [0.4, 0.5) is 5.69 Å². The molecule has 1 aromatic rings. The van der Waals surface area contributed by atoms with Gasteiger partial charge in [-0.05, 0) is 32.4 Å². The van der Waals surface area contributed by atoms with Crippen molar-refractivity contribution in [2.75, 3.05) is 24.5 Å². The van der Waals surface area contributed by atoms with Crippen molar-refractivity contribution in [3.63, 3.8) is 0 Å². The van der Waals surface area contributed by atoms with Gasteiger partial charge in [0.1, 0.15) is 0 Å². The van der Waals surface area contributed by atoms with E-state index in [9.17, 15) is 0 Å². The lowest BCUT2D eigenvalue weighted by atomic mass is 10.0. The molecule has 0 aliphatic carbocycles. The molecule has 1 saturated heterocycles. The van der Waals surface area contributed by atoms with Crippen molar-refractivity contribution in [1.29, 1.82) is 0 Å². The van der Waals surface area contributed by atoms with E-state index >= 15 is 0 Å². The highest BCUT2D eigenvalue weighted by Crippen LogP contribution is 2.27. The van der Waals surface area contributed by atoms with E-state index < -0.39 is 0 Å². The number of benzene rings is 1. The maximum atomic E-state index is 5.95. The highest BCUT2D eigenvalue weighted by molar-refractivity contribution is 5.53. The predicted molar refractivity (Wildman–Crippen MR) is 71.4 cm³/mol. The molecule has 3 nitrogen and oxygen atoms in total. The summed E-state index contributed by atoms with van der Waals surface area (Å²) in [6.45, 7) is 8.76. The minimum atomic E-state index is -0.134. The van der Waals surface area contributed by atoms with Gasteiger partial charge in [-0.1, -0.05) is 18.2 Å². The van der Waals surface area contributed by atoms with E-state index in [4.69, 9.17) is 10.5 Å². The molecule has 1 aliphatic heterocycles. The number of hydrogen-bond acceptors (Lipinski definition) is 3. The zero-order valence-corrected chi connectivity index (χ0v) is 10.9. The fourth-order valence-corrected chi connectivity index (χ4v) is 2.52. The maximum Gasteiger partial charge on any atom is 0.0879 e. The molecule has 94 valence electrons. The summed E-state index contributed by atoms with van der Waals surface area (Å²) in [5, 5.41) is 0. The molecule has 1 unspecified atom stereocenters. The molecule has 0 aromatic heterocycles. The standard InChI is InChI=1S/C14H22N2O/c1-11-6-4-5-7-13(11)16-9-12(8-15)17-14(2,3)10-16/h4-7,12H,8-10,15H2,1-3H3. The molecule has 0 bridgehead atoms. The Morgan fingerprint density at radius 1 is 1.41 bits per heavy atom. The molecule has 2 rings (SSSR count). The Morgan fingerprint density at radius 3 is 2.76 bits per heavy atom. The van der Waals surface area contributed by atoms with E-state index in [1.807, 2.05) is 0 Å². The number of anilines is 1. The smallest absolute Gasteiger partial charge is 0.0879 e. The van der Waals surface area contributed by atoms with Gasteiger partial charge in [-0.3, -0.25) is 0 Å². The molecule has 0 spiro atoms. The van der Waals surface area contributed by atoms with Crippen LogP contribution in [0.2, 0.25) is 0 Å². The van der Waals surface area contributed by atoms with Gasteiger partial charge in [-0.25, -0.2) is 0 Å². The van der Waals surface area contributed by atoms with Crippen LogP contribution in [0, 0.1) is 6.92 Å². The van der Waals surface area contributed by atoms with Crippen molar-refractivity contribution in [2.24, 2.45) is 5.73 Å². The van der Waals surface area contributed by atoms with E-state index in [0.29, 0.717) is 6.54 Å². The van der Waals surface area contributed by atoms with E-state index in [1.165, 1.54) is 11.3 Å². The Hall–Kier alpha value is -1.06. The summed E-state index contributed by atoms with van der Waals surface area (Å²) < 4.78 is 5.95. The van der Waals surface area contributed by atoms with Crippen molar-refractivity contribution < 1.29 is 4.74 Å². The lowest BCUT2D eigenvalue weighted by Crippen LogP contribution is -2.55. The van der Waals surface area contributed by atoms with Crippen LogP contribution in [-0.4, -0.2) is 31.3 Å². The third-order valence-electron chi connectivity index (χ3n) is 3.20. The summed E-state index contributed by atoms with van der Waals surface area (Å²) in [4.78, 5) is 2.39. The topological polar surface area (TPSA) is 38.5 Å². The quantitative estimate of drug-likeness (QED) is 0.850. The van der Waals surface area contributed by atoms with Gasteiger partial charge in [-0.15, -0.1) is 0 Å². The van der Waals surface area contributed by atoms with Gasteiger partial charge in [0, 0.05) is 25.3 Å². The number of ether oxygens (including phenoxy) is 1. The molecule has 1 aliphatic rings. The summed E-state index contributed by atoms with van der Waals surface area (Å²) in [6.07, 6.45) is 0.123. The molecular weight excluding hydrogens is 212 g/mol. The molecule has 1 heterocycles. The molecule has 1 aromatic carbocycles. The minimum absolute atomic E-state index is 0.123. The molecule has 17 heavy (non-hydrogen) atoms. The number of rotatable bonds is 2. The van der Waals surface area contributed by atoms with Gasteiger partial charge < -0.3 is 15.4 Å². The second-order valence-corrected chi connectivity index (χ2v) is 5.40. The molecular formula is C14H22N2O. The zero-order chi connectivity index (χ0) is 12.5. The van der Waals surface area contributed by atoms with Crippen LogP contribution in [0.1, 0.15) is 19.4 Å². The fourth-order valence-electron chi connectivity index (χ4n) is 2.52. The van der Waals surface area contributed by atoms with E-state index in [0.717, 1.165) is 13.1 Å². The molecule has 1 fully saturated rings. The summed E-state index contributed by atoms with van der Waals surface area (Å²) in [7, 11) is 0. The lowest BCUT2D eigenvalue weighted by Gasteiger charge is -2.44. The fraction of sp³-hybridized carbons (Fsp3) is 0.571. The van der Waals surface area contributed by atoms with Crippen LogP contribution in [0.15, 0.2) is 24.3 Å². The second kappa shape index (κ2) is 4.67. The number of aryl methyl sites for hydroxylation is 1. The molecule has 0 amide bonds. The maximum absolute atomic E-state index is 5.95. The Morgan fingerprint density at radius 2 is 2.12 bits per heavy atom. The molecule has 1 atom stereocenters. The van der Waals surface area contributed by atoms with E-state index in [-0.39, 0.29) is 11.7 Å². The normalized spacial score (nSPS) is 23.8. The Kier molecular flexibility index (Phi) is 3.40. The Labute approximate surface area is 104 Å². The summed E-state index contributed by atoms with van der Waals surface area (Å²) in [6, 6.07) is 8.48. The van der Waals surface area contributed by atoms with Crippen molar-refractivity contribution >= 4 is 5.69 Å². The largest absolute Gasteiger partial charge is 0.367 e. The highest BCUT2D eigenvalue weighted by atomic mass is 16.5. The van der Waals surface area contributed by atoms with Gasteiger partial charge in [-0.2, -0.15) is 0 Å².